The number of carbonyl (C=O) groups excluding carboxylic acids is 3. The van der Waals surface area contributed by atoms with Crippen molar-refractivity contribution in [3.8, 4) is 0 Å². The summed E-state index contributed by atoms with van der Waals surface area (Å²) in [5.41, 5.74) is 3.51. The van der Waals surface area contributed by atoms with E-state index >= 15 is 0 Å². The molecule has 0 aromatic heterocycles. The summed E-state index contributed by atoms with van der Waals surface area (Å²) in [7, 11) is -1.84. The highest BCUT2D eigenvalue weighted by Gasteiger charge is 2.60. The number of fused-ring (bicyclic) bond motifs is 6. The Morgan fingerprint density at radius 1 is 0.902 bits per heavy atom. The van der Waals surface area contributed by atoms with Crippen molar-refractivity contribution < 1.29 is 18.8 Å². The molecule has 6 atom stereocenters. The summed E-state index contributed by atoms with van der Waals surface area (Å²) < 4.78 is 7.12. The fourth-order valence-electron chi connectivity index (χ4n) is 9.46. The van der Waals surface area contributed by atoms with Gasteiger partial charge in [-0.3, -0.25) is 19.3 Å². The lowest BCUT2D eigenvalue weighted by molar-refractivity contribution is -0.119. The minimum absolute atomic E-state index is 0.0356. The van der Waals surface area contributed by atoms with Crippen LogP contribution in [0.15, 0.2) is 35.4 Å². The molecule has 0 saturated heterocycles. The molecular formula is C35H49NO4Si. The minimum Gasteiger partial charge on any atom is -0.413 e. The largest absolute Gasteiger partial charge is 0.413 e. The van der Waals surface area contributed by atoms with Crippen LogP contribution in [0.5, 0.6) is 0 Å². The fraction of sp³-hybridized carbons (Fsp3) is 0.686. The zero-order valence-electron chi connectivity index (χ0n) is 26.3. The van der Waals surface area contributed by atoms with Gasteiger partial charge in [-0.1, -0.05) is 52.3 Å². The van der Waals surface area contributed by atoms with E-state index in [0.717, 1.165) is 24.8 Å². The van der Waals surface area contributed by atoms with Crippen molar-refractivity contribution in [2.45, 2.75) is 117 Å². The summed E-state index contributed by atoms with van der Waals surface area (Å²) in [6.45, 7) is 17.1. The van der Waals surface area contributed by atoms with Crippen molar-refractivity contribution in [1.82, 2.24) is 4.90 Å². The summed E-state index contributed by atoms with van der Waals surface area (Å²) in [4.78, 5) is 40.7. The Hall–Kier alpha value is -2.05. The first kappa shape index (κ1) is 29.0. The van der Waals surface area contributed by atoms with E-state index in [0.29, 0.717) is 47.8 Å². The van der Waals surface area contributed by atoms with E-state index < -0.39 is 8.32 Å². The molecule has 5 unspecified atom stereocenters. The number of hydrogen-bond acceptors (Lipinski definition) is 4. The quantitative estimate of drug-likeness (QED) is 0.264. The topological polar surface area (TPSA) is 63.7 Å². The van der Waals surface area contributed by atoms with E-state index in [9.17, 15) is 14.4 Å². The number of imide groups is 1. The Bertz CT molecular complexity index is 1290. The van der Waals surface area contributed by atoms with Gasteiger partial charge in [0.25, 0.3) is 11.8 Å². The number of rotatable bonds is 5. The van der Waals surface area contributed by atoms with Crippen molar-refractivity contribution in [2.75, 3.05) is 6.54 Å². The molecule has 222 valence electrons. The maximum absolute atomic E-state index is 13.4. The van der Waals surface area contributed by atoms with Crippen molar-refractivity contribution >= 4 is 25.9 Å². The van der Waals surface area contributed by atoms with Gasteiger partial charge in [-0.2, -0.15) is 0 Å². The molecule has 0 spiro atoms. The lowest BCUT2D eigenvalue weighted by Gasteiger charge is -2.59. The monoisotopic (exact) mass is 575 g/mol. The SMILES string of the molecule is CC12CCC(=O)C(CCN3C(=O)c4ccccc4C3=O)=C1CCC1C2CC[C@@]2(C)C(O[Si](C)(C)C(C)(C)C)CCC12. The predicted octanol–water partition coefficient (Wildman–Crippen LogP) is 7.97. The molecule has 5 aliphatic rings. The summed E-state index contributed by atoms with van der Waals surface area (Å²) >= 11 is 0. The fourth-order valence-corrected chi connectivity index (χ4v) is 10.9. The lowest BCUT2D eigenvalue weighted by atomic mass is 9.46. The smallest absolute Gasteiger partial charge is 0.261 e. The van der Waals surface area contributed by atoms with Gasteiger partial charge in [0.2, 0.25) is 0 Å². The Kier molecular flexibility index (Phi) is 6.89. The summed E-state index contributed by atoms with van der Waals surface area (Å²) in [6.07, 6.45) is 9.34. The molecule has 3 fully saturated rings. The molecule has 1 aromatic carbocycles. The average Bonchev–Trinajstić information content (AvgIpc) is 3.36. The number of nitrogens with zero attached hydrogens (tertiary/aromatic N) is 1. The summed E-state index contributed by atoms with van der Waals surface area (Å²) in [6, 6.07) is 7.05. The molecule has 1 aliphatic heterocycles. The molecule has 0 radical (unpaired) electrons. The van der Waals surface area contributed by atoms with Gasteiger partial charge < -0.3 is 4.43 Å². The van der Waals surface area contributed by atoms with Gasteiger partial charge in [-0.05, 0) is 116 Å². The second-order valence-electron chi connectivity index (χ2n) is 15.8. The van der Waals surface area contributed by atoms with Crippen LogP contribution in [-0.4, -0.2) is 43.5 Å². The van der Waals surface area contributed by atoms with Gasteiger partial charge in [0, 0.05) is 13.0 Å². The van der Waals surface area contributed by atoms with Crippen LogP contribution in [0.3, 0.4) is 0 Å². The van der Waals surface area contributed by atoms with Crippen LogP contribution in [-0.2, 0) is 9.22 Å². The van der Waals surface area contributed by atoms with E-state index in [1.165, 1.54) is 36.2 Å². The standard InChI is InChI=1S/C35H49NO4Si/c1-33(2,3)41(6,7)40-30-15-14-26-24-12-13-27-25(18-21-36-31(38)22-10-8-9-11-23(22)32(36)39)29(37)17-20-34(27,4)28(24)16-19-35(26,30)5/h8-11,24,26,28,30H,12-21H2,1-7H3/t24?,26?,28?,30?,34?,35-/m1/s1. The van der Waals surface area contributed by atoms with Crippen LogP contribution in [0.4, 0.5) is 0 Å². The Morgan fingerprint density at radius 2 is 1.56 bits per heavy atom. The van der Waals surface area contributed by atoms with E-state index in [1.807, 2.05) is 0 Å². The molecule has 41 heavy (non-hydrogen) atoms. The molecule has 6 heteroatoms. The van der Waals surface area contributed by atoms with Crippen molar-refractivity contribution in [1.29, 1.82) is 0 Å². The van der Waals surface area contributed by atoms with Crippen LogP contribution in [0, 0.1) is 28.6 Å². The number of hydrogen-bond donors (Lipinski definition) is 0. The van der Waals surface area contributed by atoms with Crippen molar-refractivity contribution in [2.24, 2.45) is 28.6 Å². The maximum atomic E-state index is 13.4. The van der Waals surface area contributed by atoms with E-state index in [1.54, 1.807) is 24.3 Å². The third kappa shape index (κ3) is 4.37. The molecule has 0 N–H and O–H groups in total. The van der Waals surface area contributed by atoms with Gasteiger partial charge in [-0.15, -0.1) is 0 Å². The number of ketones is 1. The normalized spacial score (nSPS) is 35.4. The molecular weight excluding hydrogens is 526 g/mol. The first-order chi connectivity index (χ1) is 19.2. The Balaban J connectivity index is 1.22. The molecule has 3 saturated carbocycles. The summed E-state index contributed by atoms with van der Waals surface area (Å²) in [5, 5.41) is 0.217. The van der Waals surface area contributed by atoms with Gasteiger partial charge in [0.15, 0.2) is 14.1 Å². The van der Waals surface area contributed by atoms with Gasteiger partial charge >= 0.3 is 0 Å². The third-order valence-electron chi connectivity index (χ3n) is 12.9. The van der Waals surface area contributed by atoms with Crippen LogP contribution in [0.2, 0.25) is 18.1 Å². The molecule has 5 nitrogen and oxygen atoms in total. The molecule has 4 aliphatic carbocycles. The second kappa shape index (κ2) is 9.73. The Labute approximate surface area is 247 Å². The van der Waals surface area contributed by atoms with E-state index in [4.69, 9.17) is 4.43 Å². The van der Waals surface area contributed by atoms with Crippen LogP contribution < -0.4 is 0 Å². The molecule has 2 amide bonds. The highest BCUT2D eigenvalue weighted by Crippen LogP contribution is 2.66. The first-order valence-corrected chi connectivity index (χ1v) is 19.0. The molecule has 0 bridgehead atoms. The highest BCUT2D eigenvalue weighted by molar-refractivity contribution is 6.74. The van der Waals surface area contributed by atoms with Gasteiger partial charge in [0.05, 0.1) is 17.2 Å². The lowest BCUT2D eigenvalue weighted by Crippen LogP contribution is -2.54. The van der Waals surface area contributed by atoms with Crippen LogP contribution in [0.25, 0.3) is 0 Å². The molecule has 1 heterocycles. The number of carbonyl (C=O) groups is 3. The second-order valence-corrected chi connectivity index (χ2v) is 20.5. The number of benzene rings is 1. The van der Waals surface area contributed by atoms with E-state index in [-0.39, 0.29) is 40.0 Å². The molecule has 6 rings (SSSR count). The zero-order valence-corrected chi connectivity index (χ0v) is 27.3. The predicted molar refractivity (Wildman–Crippen MR) is 164 cm³/mol. The van der Waals surface area contributed by atoms with Crippen molar-refractivity contribution in [3.63, 3.8) is 0 Å². The van der Waals surface area contributed by atoms with Crippen molar-refractivity contribution in [3.05, 3.63) is 46.5 Å². The Morgan fingerprint density at radius 3 is 2.20 bits per heavy atom. The van der Waals surface area contributed by atoms with E-state index in [2.05, 4.69) is 47.7 Å². The zero-order chi connectivity index (χ0) is 29.5. The third-order valence-corrected chi connectivity index (χ3v) is 17.4. The number of allylic oxidation sites excluding steroid dienone is 1. The average molecular weight is 576 g/mol. The highest BCUT2D eigenvalue weighted by atomic mass is 28.4. The number of Topliss-reactive ketones (excluding diaryl/α,β-unsaturated/α-hetero) is 1. The van der Waals surface area contributed by atoms with Gasteiger partial charge in [0.1, 0.15) is 0 Å². The number of amides is 2. The summed E-state index contributed by atoms with van der Waals surface area (Å²) in [5.74, 6) is 1.74. The van der Waals surface area contributed by atoms with Crippen LogP contribution >= 0.6 is 0 Å². The molecule has 1 aromatic rings. The van der Waals surface area contributed by atoms with Crippen LogP contribution in [0.1, 0.15) is 113 Å². The van der Waals surface area contributed by atoms with Gasteiger partial charge in [-0.25, -0.2) is 0 Å². The maximum Gasteiger partial charge on any atom is 0.261 e. The minimum atomic E-state index is -1.84. The first-order valence-electron chi connectivity index (χ1n) is 16.1.